The lowest BCUT2D eigenvalue weighted by molar-refractivity contribution is -0.137. The molecule has 1 aliphatic rings. The molecule has 0 bridgehead atoms. The molecule has 1 aromatic carbocycles. The molecule has 1 N–H and O–H groups in total. The number of aryl methyl sites for hydroxylation is 1. The van der Waals surface area contributed by atoms with E-state index in [9.17, 15) is 18.0 Å². The van der Waals surface area contributed by atoms with Gasteiger partial charge >= 0.3 is 6.18 Å². The zero-order valence-corrected chi connectivity index (χ0v) is 18.0. The normalized spacial score (nSPS) is 16.6. The van der Waals surface area contributed by atoms with Crippen LogP contribution in [-0.4, -0.2) is 48.5 Å². The minimum Gasteiger partial charge on any atom is -0.355 e. The molecule has 0 spiro atoms. The second-order valence-electron chi connectivity index (χ2n) is 7.96. The Kier molecular flexibility index (Phi) is 7.54. The third kappa shape index (κ3) is 6.43. The summed E-state index contributed by atoms with van der Waals surface area (Å²) in [5.74, 6) is 0.512. The van der Waals surface area contributed by atoms with Gasteiger partial charge in [0.15, 0.2) is 0 Å². The molecule has 31 heavy (non-hydrogen) atoms. The van der Waals surface area contributed by atoms with Crippen molar-refractivity contribution in [1.29, 1.82) is 0 Å². The molecule has 168 valence electrons. The van der Waals surface area contributed by atoms with E-state index in [4.69, 9.17) is 0 Å². The third-order valence-electron chi connectivity index (χ3n) is 5.58. The van der Waals surface area contributed by atoms with E-state index in [2.05, 4.69) is 15.2 Å². The second kappa shape index (κ2) is 10.1. The maximum absolute atomic E-state index is 12.7. The molecule has 1 atom stereocenters. The summed E-state index contributed by atoms with van der Waals surface area (Å²) in [6.07, 6.45) is -1.89. The Hall–Kier alpha value is -2.61. The molecule has 2 aromatic rings. The van der Waals surface area contributed by atoms with Gasteiger partial charge in [-0.1, -0.05) is 36.8 Å². The molecule has 0 radical (unpaired) electrons. The number of hydrogen-bond acceptors (Lipinski definition) is 4. The lowest BCUT2D eigenvalue weighted by Gasteiger charge is -2.24. The van der Waals surface area contributed by atoms with Gasteiger partial charge in [0.05, 0.1) is 18.2 Å². The van der Waals surface area contributed by atoms with E-state index < -0.39 is 11.7 Å². The average Bonchev–Trinajstić information content (AvgIpc) is 2.98. The molecular formula is C23H29F3N4O. The molecule has 2 heterocycles. The summed E-state index contributed by atoms with van der Waals surface area (Å²) in [5.41, 5.74) is 1.53. The predicted molar refractivity (Wildman–Crippen MR) is 115 cm³/mol. The summed E-state index contributed by atoms with van der Waals surface area (Å²) in [6.45, 7) is 7.09. The van der Waals surface area contributed by atoms with Gasteiger partial charge in [-0.3, -0.25) is 9.69 Å². The number of aromatic nitrogens is 1. The summed E-state index contributed by atoms with van der Waals surface area (Å²) in [7, 11) is 0. The molecule has 8 heteroatoms. The van der Waals surface area contributed by atoms with Gasteiger partial charge in [0, 0.05) is 32.4 Å². The smallest absolute Gasteiger partial charge is 0.355 e. The van der Waals surface area contributed by atoms with Crippen molar-refractivity contribution in [2.45, 2.75) is 38.9 Å². The predicted octanol–water partition coefficient (Wildman–Crippen LogP) is 4.19. The van der Waals surface area contributed by atoms with Crippen LogP contribution in [-0.2, 0) is 11.0 Å². The van der Waals surface area contributed by atoms with Crippen LogP contribution in [0.25, 0.3) is 0 Å². The van der Waals surface area contributed by atoms with Gasteiger partial charge in [-0.2, -0.15) is 13.2 Å². The van der Waals surface area contributed by atoms with E-state index >= 15 is 0 Å². The molecular weight excluding hydrogens is 405 g/mol. The Morgan fingerprint density at radius 2 is 1.84 bits per heavy atom. The summed E-state index contributed by atoms with van der Waals surface area (Å²) in [5, 5.41) is 3.12. The van der Waals surface area contributed by atoms with Crippen LogP contribution in [0, 0.1) is 6.92 Å². The zero-order valence-electron chi connectivity index (χ0n) is 18.0. The van der Waals surface area contributed by atoms with Crippen LogP contribution in [0.15, 0.2) is 42.6 Å². The van der Waals surface area contributed by atoms with E-state index in [1.807, 2.05) is 43.0 Å². The highest BCUT2D eigenvalue weighted by molar-refractivity contribution is 5.78. The van der Waals surface area contributed by atoms with Crippen molar-refractivity contribution in [2.24, 2.45) is 0 Å². The maximum atomic E-state index is 12.7. The minimum absolute atomic E-state index is 0.0199. The first-order chi connectivity index (χ1) is 14.8. The zero-order chi connectivity index (χ0) is 22.4. The number of pyridine rings is 1. The maximum Gasteiger partial charge on any atom is 0.417 e. The highest BCUT2D eigenvalue weighted by Gasteiger charge is 2.31. The number of hydrogen-bond donors (Lipinski definition) is 1. The number of rotatable bonds is 6. The molecule has 1 aliphatic heterocycles. The Morgan fingerprint density at radius 1 is 1.10 bits per heavy atom. The summed E-state index contributed by atoms with van der Waals surface area (Å²) < 4.78 is 38.2. The molecule has 1 aromatic heterocycles. The van der Waals surface area contributed by atoms with Crippen LogP contribution in [0.4, 0.5) is 19.0 Å². The van der Waals surface area contributed by atoms with Gasteiger partial charge in [-0.15, -0.1) is 0 Å². The summed E-state index contributed by atoms with van der Waals surface area (Å²) in [6, 6.07) is 10.6. The fourth-order valence-electron chi connectivity index (χ4n) is 3.76. The van der Waals surface area contributed by atoms with E-state index in [-0.39, 0.29) is 11.9 Å². The molecule has 3 rings (SSSR count). The number of anilines is 1. The fourth-order valence-corrected chi connectivity index (χ4v) is 3.76. The second-order valence-corrected chi connectivity index (χ2v) is 7.96. The molecule has 1 fully saturated rings. The SMILES string of the molecule is CC[C@H](NC(=O)CN1CCCN(c2ccc(C(F)(F)F)cn2)CC1)c1ccc(C)cc1. The van der Waals surface area contributed by atoms with E-state index in [1.165, 1.54) is 11.6 Å². The van der Waals surface area contributed by atoms with Gasteiger partial charge in [0.2, 0.25) is 5.91 Å². The van der Waals surface area contributed by atoms with E-state index in [0.717, 1.165) is 37.2 Å². The van der Waals surface area contributed by atoms with Gasteiger partial charge in [-0.25, -0.2) is 4.98 Å². The fraction of sp³-hybridized carbons (Fsp3) is 0.478. The van der Waals surface area contributed by atoms with Crippen LogP contribution in [0.2, 0.25) is 0 Å². The number of nitrogens with zero attached hydrogens (tertiary/aromatic N) is 3. The molecule has 5 nitrogen and oxygen atoms in total. The van der Waals surface area contributed by atoms with E-state index in [0.29, 0.717) is 32.0 Å². The Balaban J connectivity index is 1.53. The van der Waals surface area contributed by atoms with Crippen LogP contribution < -0.4 is 10.2 Å². The largest absolute Gasteiger partial charge is 0.417 e. The van der Waals surface area contributed by atoms with Gasteiger partial charge in [0.25, 0.3) is 0 Å². The van der Waals surface area contributed by atoms with Crippen LogP contribution in [0.5, 0.6) is 0 Å². The Morgan fingerprint density at radius 3 is 2.45 bits per heavy atom. The first kappa shape index (κ1) is 23.1. The summed E-state index contributed by atoms with van der Waals surface area (Å²) >= 11 is 0. The number of amides is 1. The molecule has 1 amide bonds. The lowest BCUT2D eigenvalue weighted by Crippen LogP contribution is -2.40. The molecule has 0 unspecified atom stereocenters. The molecule has 1 saturated heterocycles. The lowest BCUT2D eigenvalue weighted by atomic mass is 10.0. The number of carbonyl (C=O) groups excluding carboxylic acids is 1. The van der Waals surface area contributed by atoms with Crippen LogP contribution >= 0.6 is 0 Å². The molecule has 0 aliphatic carbocycles. The first-order valence-electron chi connectivity index (χ1n) is 10.6. The van der Waals surface area contributed by atoms with Gasteiger partial charge in [-0.05, 0) is 37.5 Å². The monoisotopic (exact) mass is 434 g/mol. The Bertz CT molecular complexity index is 853. The Labute approximate surface area is 181 Å². The summed E-state index contributed by atoms with van der Waals surface area (Å²) in [4.78, 5) is 20.7. The highest BCUT2D eigenvalue weighted by Crippen LogP contribution is 2.29. The number of halogens is 3. The van der Waals surface area contributed by atoms with Gasteiger partial charge in [0.1, 0.15) is 5.82 Å². The minimum atomic E-state index is -4.39. The van der Waals surface area contributed by atoms with Crippen molar-refractivity contribution >= 4 is 11.7 Å². The van der Waals surface area contributed by atoms with Crippen molar-refractivity contribution in [3.63, 3.8) is 0 Å². The van der Waals surface area contributed by atoms with Crippen LogP contribution in [0.1, 0.15) is 42.5 Å². The standard InChI is InChI=1S/C23H29F3N4O/c1-3-20(18-7-5-17(2)6-8-18)28-22(31)16-29-11-4-12-30(14-13-29)21-10-9-19(15-27-21)23(24,25)26/h5-10,15,20H,3-4,11-14,16H2,1-2H3,(H,28,31)/t20-/m0/s1. The third-order valence-corrected chi connectivity index (χ3v) is 5.58. The van der Waals surface area contributed by atoms with Crippen molar-refractivity contribution < 1.29 is 18.0 Å². The van der Waals surface area contributed by atoms with Crippen LogP contribution in [0.3, 0.4) is 0 Å². The highest BCUT2D eigenvalue weighted by atomic mass is 19.4. The molecule has 0 saturated carbocycles. The first-order valence-corrected chi connectivity index (χ1v) is 10.6. The number of nitrogens with one attached hydrogen (secondary N) is 1. The van der Waals surface area contributed by atoms with E-state index in [1.54, 1.807) is 0 Å². The average molecular weight is 435 g/mol. The van der Waals surface area contributed by atoms with Crippen molar-refractivity contribution in [3.05, 3.63) is 59.3 Å². The number of alkyl halides is 3. The van der Waals surface area contributed by atoms with Crippen molar-refractivity contribution in [1.82, 2.24) is 15.2 Å². The topological polar surface area (TPSA) is 48.5 Å². The number of benzene rings is 1. The number of carbonyl (C=O) groups is 1. The quantitative estimate of drug-likeness (QED) is 0.741. The van der Waals surface area contributed by atoms with Gasteiger partial charge < -0.3 is 10.2 Å². The van der Waals surface area contributed by atoms with Crippen molar-refractivity contribution in [3.8, 4) is 0 Å². The van der Waals surface area contributed by atoms with Crippen molar-refractivity contribution in [2.75, 3.05) is 37.6 Å².